The first-order chi connectivity index (χ1) is 6.18. The molecule has 0 aromatic carbocycles. The van der Waals surface area contributed by atoms with Gasteiger partial charge in [0.1, 0.15) is 0 Å². The number of nitrogens with one attached hydrogen (secondary N) is 1. The molecule has 13 heavy (non-hydrogen) atoms. The van der Waals surface area contributed by atoms with E-state index in [-0.39, 0.29) is 5.54 Å². The van der Waals surface area contributed by atoms with E-state index in [0.717, 1.165) is 12.8 Å². The Morgan fingerprint density at radius 3 is 2.08 bits per heavy atom. The molecule has 1 aliphatic rings. The molecule has 0 aromatic heterocycles. The first-order valence-electron chi connectivity index (χ1n) is 5.57. The summed E-state index contributed by atoms with van der Waals surface area (Å²) in [5.74, 6) is 0. The van der Waals surface area contributed by atoms with Crippen molar-refractivity contribution in [3.8, 4) is 0 Å². The highest BCUT2D eigenvalue weighted by Crippen LogP contribution is 2.27. The van der Waals surface area contributed by atoms with Crippen LogP contribution in [-0.2, 0) is 0 Å². The van der Waals surface area contributed by atoms with E-state index in [9.17, 15) is 5.11 Å². The van der Waals surface area contributed by atoms with Gasteiger partial charge in [-0.05, 0) is 12.8 Å². The third-order valence-corrected chi connectivity index (χ3v) is 2.96. The molecule has 1 saturated carbocycles. The average molecular weight is 185 g/mol. The second-order valence-electron chi connectivity index (χ2n) is 4.65. The normalized spacial score (nSPS) is 23.1. The molecule has 0 unspecified atom stereocenters. The van der Waals surface area contributed by atoms with Gasteiger partial charge >= 0.3 is 0 Å². The summed E-state index contributed by atoms with van der Waals surface area (Å²) in [4.78, 5) is 0. The number of aliphatic hydroxyl groups is 1. The van der Waals surface area contributed by atoms with Crippen molar-refractivity contribution in [3.05, 3.63) is 0 Å². The fourth-order valence-corrected chi connectivity index (χ4v) is 2.37. The zero-order valence-corrected chi connectivity index (χ0v) is 8.97. The maximum Gasteiger partial charge on any atom is 0.0613 e. The van der Waals surface area contributed by atoms with E-state index >= 15 is 0 Å². The largest absolute Gasteiger partial charge is 0.394 e. The fraction of sp³-hybridized carbons (Fsp3) is 1.00. The summed E-state index contributed by atoms with van der Waals surface area (Å²) in [7, 11) is 0. The molecule has 1 aliphatic carbocycles. The summed E-state index contributed by atoms with van der Waals surface area (Å²) in [6.07, 6.45) is 7.48. The minimum atomic E-state index is 0.0324. The van der Waals surface area contributed by atoms with E-state index in [1.54, 1.807) is 0 Å². The van der Waals surface area contributed by atoms with Crippen LogP contribution in [0.2, 0.25) is 0 Å². The second kappa shape index (κ2) is 4.97. The lowest BCUT2D eigenvalue weighted by molar-refractivity contribution is 0.135. The number of hydrogen-bond donors (Lipinski definition) is 2. The quantitative estimate of drug-likeness (QED) is 0.660. The van der Waals surface area contributed by atoms with Crippen LogP contribution in [0.4, 0.5) is 0 Å². The Morgan fingerprint density at radius 1 is 1.15 bits per heavy atom. The predicted molar refractivity (Wildman–Crippen MR) is 55.8 cm³/mol. The van der Waals surface area contributed by atoms with Gasteiger partial charge in [-0.25, -0.2) is 0 Å². The minimum Gasteiger partial charge on any atom is -0.394 e. The zero-order chi connectivity index (χ0) is 9.73. The van der Waals surface area contributed by atoms with Gasteiger partial charge in [0.05, 0.1) is 6.61 Å². The van der Waals surface area contributed by atoms with E-state index in [1.165, 1.54) is 25.7 Å². The van der Waals surface area contributed by atoms with Crippen LogP contribution in [0.25, 0.3) is 0 Å². The van der Waals surface area contributed by atoms with Crippen LogP contribution in [0.15, 0.2) is 0 Å². The smallest absolute Gasteiger partial charge is 0.0613 e. The fourth-order valence-electron chi connectivity index (χ4n) is 2.37. The monoisotopic (exact) mass is 185 g/mol. The summed E-state index contributed by atoms with van der Waals surface area (Å²) in [6, 6.07) is 0.477. The topological polar surface area (TPSA) is 32.3 Å². The molecule has 0 bridgehead atoms. The molecule has 0 aliphatic heterocycles. The molecule has 1 fully saturated rings. The van der Waals surface area contributed by atoms with Crippen LogP contribution >= 0.6 is 0 Å². The van der Waals surface area contributed by atoms with Gasteiger partial charge in [-0.1, -0.05) is 39.5 Å². The van der Waals surface area contributed by atoms with Crippen LogP contribution in [-0.4, -0.2) is 23.3 Å². The molecular formula is C11H23NO. The molecule has 1 rings (SSSR count). The lowest BCUT2D eigenvalue weighted by atomic mass is 9.90. The Hall–Kier alpha value is -0.0800. The Labute approximate surface area is 81.7 Å². The molecule has 0 atom stereocenters. The molecule has 0 amide bonds. The third kappa shape index (κ3) is 3.28. The van der Waals surface area contributed by atoms with Crippen molar-refractivity contribution in [2.24, 2.45) is 0 Å². The van der Waals surface area contributed by atoms with Gasteiger partial charge < -0.3 is 10.4 Å². The highest BCUT2D eigenvalue weighted by molar-refractivity contribution is 4.90. The maximum atomic E-state index is 9.45. The first kappa shape index (κ1) is 11.0. The van der Waals surface area contributed by atoms with E-state index in [0.29, 0.717) is 12.6 Å². The molecule has 0 radical (unpaired) electrons. The Bertz CT molecular complexity index is 137. The zero-order valence-electron chi connectivity index (χ0n) is 8.97. The molecule has 2 heteroatoms. The van der Waals surface area contributed by atoms with Gasteiger partial charge in [0.25, 0.3) is 0 Å². The van der Waals surface area contributed by atoms with Crippen molar-refractivity contribution in [3.63, 3.8) is 0 Å². The lowest BCUT2D eigenvalue weighted by Crippen LogP contribution is -2.51. The summed E-state index contributed by atoms with van der Waals surface area (Å²) in [6.45, 7) is 4.61. The van der Waals surface area contributed by atoms with Crippen molar-refractivity contribution in [1.29, 1.82) is 0 Å². The maximum absolute atomic E-state index is 9.45. The van der Waals surface area contributed by atoms with Crippen molar-refractivity contribution in [2.45, 2.75) is 64.0 Å². The van der Waals surface area contributed by atoms with Crippen molar-refractivity contribution >= 4 is 0 Å². The Kier molecular flexibility index (Phi) is 4.20. The highest BCUT2D eigenvalue weighted by Gasteiger charge is 2.30. The van der Waals surface area contributed by atoms with Crippen LogP contribution in [0.5, 0.6) is 0 Å². The van der Waals surface area contributed by atoms with Gasteiger partial charge in [-0.2, -0.15) is 0 Å². The number of rotatable bonds is 3. The summed E-state index contributed by atoms with van der Waals surface area (Å²) < 4.78 is 0. The summed E-state index contributed by atoms with van der Waals surface area (Å²) >= 11 is 0. The van der Waals surface area contributed by atoms with Crippen LogP contribution < -0.4 is 5.32 Å². The average Bonchev–Trinajstić information content (AvgIpc) is 2.30. The standard InChI is InChI=1S/C11H23NO/c1-10(2)12-11(9-13)7-5-3-4-6-8-11/h10,12-13H,3-9H2,1-2H3. The van der Waals surface area contributed by atoms with Crippen molar-refractivity contribution < 1.29 is 5.11 Å². The highest BCUT2D eigenvalue weighted by atomic mass is 16.3. The molecule has 2 N–H and O–H groups in total. The molecular weight excluding hydrogens is 162 g/mol. The van der Waals surface area contributed by atoms with E-state index in [1.807, 2.05) is 0 Å². The van der Waals surface area contributed by atoms with Gasteiger partial charge in [-0.3, -0.25) is 0 Å². The van der Waals surface area contributed by atoms with Gasteiger partial charge in [0.15, 0.2) is 0 Å². The molecule has 0 heterocycles. The van der Waals surface area contributed by atoms with Crippen LogP contribution in [0, 0.1) is 0 Å². The Morgan fingerprint density at radius 2 is 1.69 bits per heavy atom. The molecule has 78 valence electrons. The SMILES string of the molecule is CC(C)NC1(CO)CCCCCC1. The third-order valence-electron chi connectivity index (χ3n) is 2.96. The van der Waals surface area contributed by atoms with Gasteiger partial charge in [-0.15, -0.1) is 0 Å². The molecule has 0 saturated heterocycles. The van der Waals surface area contributed by atoms with E-state index in [2.05, 4.69) is 19.2 Å². The molecule has 2 nitrogen and oxygen atoms in total. The summed E-state index contributed by atoms with van der Waals surface area (Å²) in [5.41, 5.74) is 0.0324. The van der Waals surface area contributed by atoms with Crippen molar-refractivity contribution in [1.82, 2.24) is 5.32 Å². The van der Waals surface area contributed by atoms with Gasteiger partial charge in [0.2, 0.25) is 0 Å². The number of hydrogen-bond acceptors (Lipinski definition) is 2. The van der Waals surface area contributed by atoms with E-state index in [4.69, 9.17) is 0 Å². The molecule has 0 aromatic rings. The van der Waals surface area contributed by atoms with Crippen molar-refractivity contribution in [2.75, 3.05) is 6.61 Å². The number of aliphatic hydroxyl groups excluding tert-OH is 1. The predicted octanol–water partition coefficient (Wildman–Crippen LogP) is 2.07. The first-order valence-corrected chi connectivity index (χ1v) is 5.57. The van der Waals surface area contributed by atoms with Crippen LogP contribution in [0.1, 0.15) is 52.4 Å². The van der Waals surface area contributed by atoms with Crippen LogP contribution in [0.3, 0.4) is 0 Å². The Balaban J connectivity index is 2.53. The minimum absolute atomic E-state index is 0.0324. The molecule has 0 spiro atoms. The lowest BCUT2D eigenvalue weighted by Gasteiger charge is -2.34. The van der Waals surface area contributed by atoms with Gasteiger partial charge in [0, 0.05) is 11.6 Å². The van der Waals surface area contributed by atoms with E-state index < -0.39 is 0 Å². The second-order valence-corrected chi connectivity index (χ2v) is 4.65. The summed E-state index contributed by atoms with van der Waals surface area (Å²) in [5, 5.41) is 13.0.